The first-order chi connectivity index (χ1) is 12.8. The second kappa shape index (κ2) is 6.79. The summed E-state index contributed by atoms with van der Waals surface area (Å²) in [5.74, 6) is -2.25. The number of rotatable bonds is 4. The molecule has 0 aliphatic rings. The van der Waals surface area contributed by atoms with Crippen LogP contribution < -0.4 is 5.43 Å². The Morgan fingerprint density at radius 3 is 2.48 bits per heavy atom. The number of benzene rings is 2. The predicted molar refractivity (Wildman–Crippen MR) is 93.9 cm³/mol. The number of hydrogen-bond acceptors (Lipinski definition) is 8. The van der Waals surface area contributed by atoms with Crippen LogP contribution in [-0.2, 0) is 4.74 Å². The number of fused-ring (bicyclic) bond motifs is 1. The van der Waals surface area contributed by atoms with Crippen molar-refractivity contribution in [1.82, 2.24) is 0 Å². The van der Waals surface area contributed by atoms with E-state index in [1.165, 1.54) is 24.3 Å². The van der Waals surface area contributed by atoms with Gasteiger partial charge in [-0.25, -0.2) is 4.79 Å². The van der Waals surface area contributed by atoms with Gasteiger partial charge in [0, 0.05) is 24.3 Å². The number of phenols is 2. The molecule has 0 atom stereocenters. The van der Waals surface area contributed by atoms with E-state index in [1.54, 1.807) is 6.92 Å². The Kier molecular flexibility index (Phi) is 4.51. The summed E-state index contributed by atoms with van der Waals surface area (Å²) in [6.45, 7) is 1.59. The normalized spacial score (nSPS) is 10.7. The highest BCUT2D eigenvalue weighted by atomic mass is 16.6. The van der Waals surface area contributed by atoms with Gasteiger partial charge >= 0.3 is 5.97 Å². The van der Waals surface area contributed by atoms with Crippen molar-refractivity contribution in [3.8, 4) is 22.6 Å². The molecule has 0 saturated heterocycles. The van der Waals surface area contributed by atoms with Crippen molar-refractivity contribution in [2.75, 3.05) is 6.61 Å². The lowest BCUT2D eigenvalue weighted by Crippen LogP contribution is -2.15. The molecule has 0 fully saturated rings. The van der Waals surface area contributed by atoms with Crippen LogP contribution in [0.15, 0.2) is 45.6 Å². The lowest BCUT2D eigenvalue weighted by Gasteiger charge is -2.10. The minimum Gasteiger partial charge on any atom is -0.508 e. The Morgan fingerprint density at radius 2 is 1.89 bits per heavy atom. The zero-order valence-corrected chi connectivity index (χ0v) is 14.0. The fourth-order valence-corrected chi connectivity index (χ4v) is 2.64. The zero-order chi connectivity index (χ0) is 19.7. The van der Waals surface area contributed by atoms with Gasteiger partial charge in [0.05, 0.1) is 17.1 Å². The van der Waals surface area contributed by atoms with E-state index in [0.717, 1.165) is 12.1 Å². The van der Waals surface area contributed by atoms with Gasteiger partial charge in [0.1, 0.15) is 22.5 Å². The number of esters is 1. The average molecular weight is 371 g/mol. The minimum absolute atomic E-state index is 0.0194. The molecule has 0 saturated carbocycles. The third-order valence-electron chi connectivity index (χ3n) is 3.79. The number of carbonyl (C=O) groups is 1. The number of carbonyl (C=O) groups excluding carboxylic acids is 1. The summed E-state index contributed by atoms with van der Waals surface area (Å²) in [6, 6.07) is 6.96. The fraction of sp³-hybridized carbons (Fsp3) is 0.111. The minimum atomic E-state index is -0.923. The number of phenolic OH excluding ortho intramolecular Hbond substituents is 2. The highest BCUT2D eigenvalue weighted by Gasteiger charge is 2.25. The molecule has 9 nitrogen and oxygen atoms in total. The fourth-order valence-electron chi connectivity index (χ4n) is 2.64. The Bertz CT molecular complexity index is 1110. The third-order valence-corrected chi connectivity index (χ3v) is 3.79. The molecule has 138 valence electrons. The van der Waals surface area contributed by atoms with E-state index >= 15 is 0 Å². The monoisotopic (exact) mass is 371 g/mol. The second-order valence-corrected chi connectivity index (χ2v) is 5.50. The second-order valence-electron chi connectivity index (χ2n) is 5.50. The van der Waals surface area contributed by atoms with Crippen LogP contribution in [0.3, 0.4) is 0 Å². The van der Waals surface area contributed by atoms with Crippen LogP contribution in [0.1, 0.15) is 17.5 Å². The van der Waals surface area contributed by atoms with Gasteiger partial charge in [-0.2, -0.15) is 0 Å². The first kappa shape index (κ1) is 17.9. The summed E-state index contributed by atoms with van der Waals surface area (Å²) >= 11 is 0. The van der Waals surface area contributed by atoms with E-state index in [0.29, 0.717) is 0 Å². The maximum Gasteiger partial charge on any atom is 0.375 e. The molecule has 0 aliphatic carbocycles. The standard InChI is InChI=1S/C18H13NO8/c1-2-26-18(23)17-14(9-3-5-10(6-4-9)19(24)25)16(22)15-12(21)7-11(20)8-13(15)27-17/h3-8,20-21H,2H2,1H3. The van der Waals surface area contributed by atoms with Gasteiger partial charge in [0.15, 0.2) is 0 Å². The Morgan fingerprint density at radius 1 is 1.22 bits per heavy atom. The molecular formula is C18H13NO8. The van der Waals surface area contributed by atoms with E-state index < -0.39 is 27.8 Å². The summed E-state index contributed by atoms with van der Waals surface area (Å²) in [7, 11) is 0. The smallest absolute Gasteiger partial charge is 0.375 e. The van der Waals surface area contributed by atoms with Gasteiger partial charge in [-0.15, -0.1) is 0 Å². The maximum atomic E-state index is 13.0. The first-order valence-electron chi connectivity index (χ1n) is 7.78. The molecule has 0 spiro atoms. The number of non-ortho nitro benzene ring substituents is 1. The van der Waals surface area contributed by atoms with E-state index in [2.05, 4.69) is 0 Å². The lowest BCUT2D eigenvalue weighted by atomic mass is 10.0. The molecule has 0 aliphatic heterocycles. The van der Waals surface area contributed by atoms with Gasteiger partial charge in [-0.3, -0.25) is 14.9 Å². The summed E-state index contributed by atoms with van der Waals surface area (Å²) in [6.07, 6.45) is 0. The highest BCUT2D eigenvalue weighted by molar-refractivity contribution is 5.99. The molecule has 0 radical (unpaired) electrons. The summed E-state index contributed by atoms with van der Waals surface area (Å²) in [4.78, 5) is 35.5. The number of ether oxygens (including phenoxy) is 1. The van der Waals surface area contributed by atoms with Gasteiger partial charge in [-0.05, 0) is 24.6 Å². The Balaban J connectivity index is 2.36. The molecule has 3 rings (SSSR count). The lowest BCUT2D eigenvalue weighted by molar-refractivity contribution is -0.384. The van der Waals surface area contributed by atoms with E-state index in [1.807, 2.05) is 0 Å². The molecule has 3 aromatic rings. The van der Waals surface area contributed by atoms with Crippen LogP contribution in [0.5, 0.6) is 11.5 Å². The predicted octanol–water partition coefficient (Wildman–Crippen LogP) is 2.96. The third kappa shape index (κ3) is 3.17. The number of nitro benzene ring substituents is 1. The number of nitrogens with zero attached hydrogens (tertiary/aromatic N) is 1. The van der Waals surface area contributed by atoms with Crippen molar-refractivity contribution in [3.05, 3.63) is 62.5 Å². The average Bonchev–Trinajstić information content (AvgIpc) is 2.61. The molecule has 0 bridgehead atoms. The molecule has 2 aromatic carbocycles. The number of aromatic hydroxyl groups is 2. The molecule has 0 amide bonds. The largest absolute Gasteiger partial charge is 0.508 e. The molecule has 9 heteroatoms. The molecule has 27 heavy (non-hydrogen) atoms. The van der Waals surface area contributed by atoms with Crippen LogP contribution in [0.25, 0.3) is 22.1 Å². The number of nitro groups is 1. The molecule has 1 heterocycles. The SMILES string of the molecule is CCOC(=O)c1oc2cc(O)cc(O)c2c(=O)c1-c1ccc([N+](=O)[O-])cc1. The van der Waals surface area contributed by atoms with Gasteiger partial charge in [0.2, 0.25) is 11.2 Å². The highest BCUT2D eigenvalue weighted by Crippen LogP contribution is 2.32. The van der Waals surface area contributed by atoms with E-state index in [4.69, 9.17) is 9.15 Å². The van der Waals surface area contributed by atoms with E-state index in [9.17, 15) is 29.9 Å². The quantitative estimate of drug-likeness (QED) is 0.405. The Hall–Kier alpha value is -3.88. The van der Waals surface area contributed by atoms with Crippen LogP contribution in [-0.4, -0.2) is 27.7 Å². The maximum absolute atomic E-state index is 13.0. The van der Waals surface area contributed by atoms with Crippen molar-refractivity contribution >= 4 is 22.6 Å². The van der Waals surface area contributed by atoms with Gasteiger partial charge in [-0.1, -0.05) is 0 Å². The van der Waals surface area contributed by atoms with E-state index in [-0.39, 0.29) is 40.1 Å². The van der Waals surface area contributed by atoms with Crippen LogP contribution in [0, 0.1) is 10.1 Å². The number of hydrogen-bond donors (Lipinski definition) is 2. The summed E-state index contributed by atoms with van der Waals surface area (Å²) in [5.41, 5.74) is -1.19. The molecular weight excluding hydrogens is 358 g/mol. The topological polar surface area (TPSA) is 140 Å². The first-order valence-corrected chi connectivity index (χ1v) is 7.78. The molecule has 0 unspecified atom stereocenters. The molecule has 1 aromatic heterocycles. The zero-order valence-electron chi connectivity index (χ0n) is 14.0. The van der Waals surface area contributed by atoms with Gasteiger partial charge in [0.25, 0.3) is 5.69 Å². The van der Waals surface area contributed by atoms with Crippen LogP contribution in [0.2, 0.25) is 0 Å². The van der Waals surface area contributed by atoms with Crippen molar-refractivity contribution < 1.29 is 29.1 Å². The van der Waals surface area contributed by atoms with Crippen molar-refractivity contribution in [3.63, 3.8) is 0 Å². The van der Waals surface area contributed by atoms with Crippen LogP contribution >= 0.6 is 0 Å². The Labute approximate surface area is 151 Å². The molecule has 2 N–H and O–H groups in total. The van der Waals surface area contributed by atoms with Crippen LogP contribution in [0.4, 0.5) is 5.69 Å². The van der Waals surface area contributed by atoms with Crippen molar-refractivity contribution in [2.45, 2.75) is 6.92 Å². The summed E-state index contributed by atoms with van der Waals surface area (Å²) in [5, 5.41) is 30.2. The van der Waals surface area contributed by atoms with Crippen molar-refractivity contribution in [2.24, 2.45) is 0 Å². The summed E-state index contributed by atoms with van der Waals surface area (Å²) < 4.78 is 10.4. The van der Waals surface area contributed by atoms with Gasteiger partial charge < -0.3 is 19.4 Å². The van der Waals surface area contributed by atoms with Crippen molar-refractivity contribution in [1.29, 1.82) is 0 Å².